The number of nitrogens with two attached hydrogens (primary N) is 1. The summed E-state index contributed by atoms with van der Waals surface area (Å²) in [7, 11) is 1.70. The SMILES string of the molecule is COc1ccc(Br)c(CC(NN)C2CCCC2)c1. The van der Waals surface area contributed by atoms with Crippen molar-refractivity contribution in [2.75, 3.05) is 7.11 Å². The third-order valence-corrected chi connectivity index (χ3v) is 4.65. The molecule has 1 aromatic rings. The third kappa shape index (κ3) is 3.25. The van der Waals surface area contributed by atoms with Gasteiger partial charge in [0.05, 0.1) is 7.11 Å². The average Bonchev–Trinajstić information content (AvgIpc) is 2.91. The highest BCUT2D eigenvalue weighted by Crippen LogP contribution is 2.31. The monoisotopic (exact) mass is 312 g/mol. The number of hydrogen-bond donors (Lipinski definition) is 2. The van der Waals surface area contributed by atoms with Crippen LogP contribution in [0.25, 0.3) is 0 Å². The number of ether oxygens (including phenoxy) is 1. The molecule has 18 heavy (non-hydrogen) atoms. The van der Waals surface area contributed by atoms with Gasteiger partial charge in [-0.3, -0.25) is 11.3 Å². The average molecular weight is 313 g/mol. The van der Waals surface area contributed by atoms with E-state index < -0.39 is 0 Å². The van der Waals surface area contributed by atoms with Gasteiger partial charge in [-0.1, -0.05) is 28.8 Å². The molecule has 1 saturated carbocycles. The van der Waals surface area contributed by atoms with Crippen molar-refractivity contribution in [3.05, 3.63) is 28.2 Å². The predicted octanol–water partition coefficient (Wildman–Crippen LogP) is 3.02. The van der Waals surface area contributed by atoms with E-state index in [2.05, 4.69) is 27.4 Å². The zero-order chi connectivity index (χ0) is 13.0. The molecule has 0 saturated heterocycles. The van der Waals surface area contributed by atoms with Crippen molar-refractivity contribution < 1.29 is 4.74 Å². The van der Waals surface area contributed by atoms with Crippen LogP contribution in [-0.2, 0) is 6.42 Å². The molecule has 0 radical (unpaired) electrons. The summed E-state index contributed by atoms with van der Waals surface area (Å²) in [4.78, 5) is 0. The molecule has 3 N–H and O–H groups in total. The summed E-state index contributed by atoms with van der Waals surface area (Å²) in [6, 6.07) is 6.45. The molecule has 0 aliphatic heterocycles. The molecule has 1 unspecified atom stereocenters. The zero-order valence-electron chi connectivity index (χ0n) is 10.8. The van der Waals surface area contributed by atoms with Gasteiger partial charge in [-0.15, -0.1) is 0 Å². The Hall–Kier alpha value is -0.580. The Bertz CT molecular complexity index is 391. The van der Waals surface area contributed by atoms with Crippen LogP contribution in [0.2, 0.25) is 0 Å². The van der Waals surface area contributed by atoms with E-state index in [1.54, 1.807) is 7.11 Å². The number of hydrogen-bond acceptors (Lipinski definition) is 3. The Balaban J connectivity index is 2.10. The van der Waals surface area contributed by atoms with Crippen LogP contribution in [0.4, 0.5) is 0 Å². The smallest absolute Gasteiger partial charge is 0.119 e. The van der Waals surface area contributed by atoms with Crippen molar-refractivity contribution in [2.45, 2.75) is 38.1 Å². The van der Waals surface area contributed by atoms with E-state index in [-0.39, 0.29) is 0 Å². The van der Waals surface area contributed by atoms with Crippen LogP contribution < -0.4 is 16.0 Å². The van der Waals surface area contributed by atoms with E-state index in [1.807, 2.05) is 12.1 Å². The van der Waals surface area contributed by atoms with Crippen LogP contribution in [-0.4, -0.2) is 13.2 Å². The van der Waals surface area contributed by atoms with Crippen molar-refractivity contribution in [3.8, 4) is 5.75 Å². The molecule has 4 heteroatoms. The minimum absolute atomic E-state index is 0.357. The van der Waals surface area contributed by atoms with Gasteiger partial charge in [0.1, 0.15) is 5.75 Å². The molecule has 1 aliphatic rings. The summed E-state index contributed by atoms with van der Waals surface area (Å²) in [5, 5.41) is 0. The number of nitrogens with one attached hydrogen (secondary N) is 1. The quantitative estimate of drug-likeness (QED) is 0.649. The largest absolute Gasteiger partial charge is 0.497 e. The fourth-order valence-electron chi connectivity index (χ4n) is 2.79. The number of halogens is 1. The van der Waals surface area contributed by atoms with Crippen LogP contribution in [0, 0.1) is 5.92 Å². The second-order valence-electron chi connectivity index (χ2n) is 4.98. The lowest BCUT2D eigenvalue weighted by molar-refractivity contribution is 0.360. The van der Waals surface area contributed by atoms with Gasteiger partial charge in [-0.2, -0.15) is 0 Å². The van der Waals surface area contributed by atoms with E-state index in [1.165, 1.54) is 31.2 Å². The first-order valence-corrected chi connectivity index (χ1v) is 7.32. The first kappa shape index (κ1) is 13.8. The molecule has 0 heterocycles. The Kier molecular flexibility index (Phi) is 5.03. The highest BCUT2D eigenvalue weighted by molar-refractivity contribution is 9.10. The van der Waals surface area contributed by atoms with Crippen LogP contribution >= 0.6 is 15.9 Å². The van der Waals surface area contributed by atoms with E-state index >= 15 is 0 Å². The normalized spacial score (nSPS) is 17.9. The molecular formula is C14H21BrN2O. The Morgan fingerprint density at radius 3 is 2.78 bits per heavy atom. The van der Waals surface area contributed by atoms with Crippen molar-refractivity contribution in [1.29, 1.82) is 0 Å². The number of benzene rings is 1. The highest BCUT2D eigenvalue weighted by atomic mass is 79.9. The number of rotatable bonds is 5. The lowest BCUT2D eigenvalue weighted by Gasteiger charge is -2.23. The van der Waals surface area contributed by atoms with Crippen molar-refractivity contribution >= 4 is 15.9 Å². The Morgan fingerprint density at radius 1 is 1.44 bits per heavy atom. The van der Waals surface area contributed by atoms with E-state index in [0.717, 1.165) is 16.6 Å². The fourth-order valence-corrected chi connectivity index (χ4v) is 3.20. The fraction of sp³-hybridized carbons (Fsp3) is 0.571. The lowest BCUT2D eigenvalue weighted by atomic mass is 9.92. The van der Waals surface area contributed by atoms with E-state index in [4.69, 9.17) is 10.6 Å². The molecule has 1 fully saturated rings. The number of hydrazine groups is 1. The molecule has 100 valence electrons. The first-order valence-electron chi connectivity index (χ1n) is 6.53. The molecule has 0 bridgehead atoms. The zero-order valence-corrected chi connectivity index (χ0v) is 12.4. The minimum atomic E-state index is 0.357. The Morgan fingerprint density at radius 2 is 2.17 bits per heavy atom. The van der Waals surface area contributed by atoms with Gasteiger partial charge in [0.15, 0.2) is 0 Å². The minimum Gasteiger partial charge on any atom is -0.497 e. The molecule has 1 atom stereocenters. The molecule has 0 aromatic heterocycles. The van der Waals surface area contributed by atoms with Gasteiger partial charge in [0.25, 0.3) is 0 Å². The second-order valence-corrected chi connectivity index (χ2v) is 5.83. The standard InChI is InChI=1S/C14H21BrN2O/c1-18-12-6-7-13(15)11(8-12)9-14(17-16)10-4-2-3-5-10/h6-8,10,14,17H,2-5,9,16H2,1H3. The van der Waals surface area contributed by atoms with Crippen LogP contribution in [0.15, 0.2) is 22.7 Å². The maximum Gasteiger partial charge on any atom is 0.119 e. The van der Waals surface area contributed by atoms with Gasteiger partial charge in [-0.05, 0) is 48.9 Å². The van der Waals surface area contributed by atoms with Crippen LogP contribution in [0.5, 0.6) is 5.75 Å². The molecule has 1 aromatic carbocycles. The van der Waals surface area contributed by atoms with Crippen molar-refractivity contribution in [2.24, 2.45) is 11.8 Å². The molecule has 0 spiro atoms. The summed E-state index contributed by atoms with van der Waals surface area (Å²) >= 11 is 3.60. The summed E-state index contributed by atoms with van der Waals surface area (Å²) in [6.45, 7) is 0. The molecule has 2 rings (SSSR count). The maximum absolute atomic E-state index is 5.72. The van der Waals surface area contributed by atoms with Gasteiger partial charge >= 0.3 is 0 Å². The van der Waals surface area contributed by atoms with Crippen LogP contribution in [0.1, 0.15) is 31.2 Å². The van der Waals surface area contributed by atoms with E-state index in [0.29, 0.717) is 12.0 Å². The first-order chi connectivity index (χ1) is 8.74. The van der Waals surface area contributed by atoms with Gasteiger partial charge in [0, 0.05) is 10.5 Å². The van der Waals surface area contributed by atoms with Gasteiger partial charge in [0.2, 0.25) is 0 Å². The molecular weight excluding hydrogens is 292 g/mol. The summed E-state index contributed by atoms with van der Waals surface area (Å²) < 4.78 is 6.40. The molecule has 1 aliphatic carbocycles. The van der Waals surface area contributed by atoms with Crippen molar-refractivity contribution in [3.63, 3.8) is 0 Å². The maximum atomic E-state index is 5.72. The molecule has 0 amide bonds. The predicted molar refractivity (Wildman–Crippen MR) is 77.5 cm³/mol. The van der Waals surface area contributed by atoms with Gasteiger partial charge in [-0.25, -0.2) is 0 Å². The lowest BCUT2D eigenvalue weighted by Crippen LogP contribution is -2.41. The van der Waals surface area contributed by atoms with Crippen molar-refractivity contribution in [1.82, 2.24) is 5.43 Å². The summed E-state index contributed by atoms with van der Waals surface area (Å²) in [5.74, 6) is 7.32. The highest BCUT2D eigenvalue weighted by Gasteiger charge is 2.24. The Labute approximate surface area is 117 Å². The second kappa shape index (κ2) is 6.55. The topological polar surface area (TPSA) is 47.3 Å². The third-order valence-electron chi connectivity index (χ3n) is 3.88. The summed E-state index contributed by atoms with van der Waals surface area (Å²) in [6.07, 6.45) is 6.19. The van der Waals surface area contributed by atoms with Crippen LogP contribution in [0.3, 0.4) is 0 Å². The number of methoxy groups -OCH3 is 1. The van der Waals surface area contributed by atoms with E-state index in [9.17, 15) is 0 Å². The van der Waals surface area contributed by atoms with Gasteiger partial charge < -0.3 is 4.74 Å². The molecule has 3 nitrogen and oxygen atoms in total. The summed E-state index contributed by atoms with van der Waals surface area (Å²) in [5.41, 5.74) is 4.25.